The molecule has 0 unspecified atom stereocenters. The molecule has 1 fully saturated rings. The molecule has 1 saturated heterocycles. The van der Waals surface area contributed by atoms with Crippen LogP contribution in [0, 0.1) is 0 Å². The van der Waals surface area contributed by atoms with Crippen LogP contribution in [-0.4, -0.2) is 38.3 Å². The lowest BCUT2D eigenvalue weighted by molar-refractivity contribution is 0.140. The zero-order chi connectivity index (χ0) is 12.1. The maximum Gasteiger partial charge on any atom is 0.120 e. The molecule has 4 heteroatoms. The second-order valence-corrected chi connectivity index (χ2v) is 4.31. The molecule has 0 amide bonds. The quantitative estimate of drug-likeness (QED) is 0.808. The lowest BCUT2D eigenvalue weighted by Gasteiger charge is -2.20. The van der Waals surface area contributed by atoms with Crippen LogP contribution < -0.4 is 10.5 Å². The summed E-state index contributed by atoms with van der Waals surface area (Å²) >= 11 is 0. The van der Waals surface area contributed by atoms with Crippen molar-refractivity contribution in [3.8, 4) is 5.75 Å². The minimum absolute atomic E-state index is 0.800. The highest BCUT2D eigenvalue weighted by molar-refractivity contribution is 5.51. The Bertz CT molecular complexity index is 360. The van der Waals surface area contributed by atoms with Gasteiger partial charge in [-0.1, -0.05) is 6.07 Å². The molecule has 4 nitrogen and oxygen atoms in total. The van der Waals surface area contributed by atoms with Gasteiger partial charge in [-0.05, 0) is 18.1 Å². The van der Waals surface area contributed by atoms with Crippen molar-refractivity contribution in [3.63, 3.8) is 0 Å². The summed E-state index contributed by atoms with van der Waals surface area (Å²) in [6.45, 7) is 4.63. The summed E-state index contributed by atoms with van der Waals surface area (Å²) in [4.78, 5) is 2.38. The van der Waals surface area contributed by atoms with Crippen LogP contribution in [0.15, 0.2) is 18.2 Å². The second-order valence-electron chi connectivity index (χ2n) is 4.31. The van der Waals surface area contributed by atoms with E-state index in [0.717, 1.165) is 56.3 Å². The molecule has 1 heterocycles. The van der Waals surface area contributed by atoms with E-state index < -0.39 is 0 Å². The number of nitrogens with zero attached hydrogens (tertiary/aromatic N) is 1. The molecule has 2 rings (SSSR count). The Balaban J connectivity index is 2.01. The summed E-state index contributed by atoms with van der Waals surface area (Å²) in [6.07, 6.45) is 1.09. The number of ether oxygens (including phenoxy) is 2. The van der Waals surface area contributed by atoms with E-state index in [1.807, 2.05) is 18.2 Å². The largest absolute Gasteiger partial charge is 0.497 e. The molecule has 0 bridgehead atoms. The zero-order valence-electron chi connectivity index (χ0n) is 10.3. The minimum atomic E-state index is 0.800. The van der Waals surface area contributed by atoms with Crippen molar-refractivity contribution >= 4 is 5.69 Å². The van der Waals surface area contributed by atoms with E-state index >= 15 is 0 Å². The molecule has 0 aromatic heterocycles. The average Bonchev–Trinajstić information content (AvgIpc) is 2.60. The first-order valence-electron chi connectivity index (χ1n) is 6.02. The SMILES string of the molecule is COc1ccc(CN2CCCOCC2)c(N)c1. The summed E-state index contributed by atoms with van der Waals surface area (Å²) in [5.41, 5.74) is 7.98. The monoisotopic (exact) mass is 236 g/mol. The van der Waals surface area contributed by atoms with Gasteiger partial charge in [0, 0.05) is 38.0 Å². The summed E-state index contributed by atoms with van der Waals surface area (Å²) in [5, 5.41) is 0. The highest BCUT2D eigenvalue weighted by atomic mass is 16.5. The standard InChI is InChI=1S/C13H20N2O2/c1-16-12-4-3-11(13(14)9-12)10-15-5-2-7-17-8-6-15/h3-4,9H,2,5-8,10,14H2,1H3. The van der Waals surface area contributed by atoms with Gasteiger partial charge in [-0.3, -0.25) is 4.90 Å². The predicted molar refractivity (Wildman–Crippen MR) is 68.1 cm³/mol. The van der Waals surface area contributed by atoms with E-state index in [9.17, 15) is 0 Å². The third-order valence-electron chi connectivity index (χ3n) is 3.06. The van der Waals surface area contributed by atoms with Crippen molar-refractivity contribution in [2.24, 2.45) is 0 Å². The van der Waals surface area contributed by atoms with Crippen molar-refractivity contribution in [1.29, 1.82) is 0 Å². The van der Waals surface area contributed by atoms with Crippen LogP contribution in [0.4, 0.5) is 5.69 Å². The van der Waals surface area contributed by atoms with Gasteiger partial charge in [-0.2, -0.15) is 0 Å². The number of hydrogen-bond donors (Lipinski definition) is 1. The van der Waals surface area contributed by atoms with Gasteiger partial charge in [-0.15, -0.1) is 0 Å². The van der Waals surface area contributed by atoms with Crippen LogP contribution in [-0.2, 0) is 11.3 Å². The van der Waals surface area contributed by atoms with Crippen LogP contribution in [0.5, 0.6) is 5.75 Å². The summed E-state index contributed by atoms with van der Waals surface area (Å²) in [5.74, 6) is 0.811. The summed E-state index contributed by atoms with van der Waals surface area (Å²) in [7, 11) is 1.65. The van der Waals surface area contributed by atoms with Crippen molar-refractivity contribution in [2.45, 2.75) is 13.0 Å². The van der Waals surface area contributed by atoms with Crippen molar-refractivity contribution < 1.29 is 9.47 Å². The molecule has 0 atom stereocenters. The van der Waals surface area contributed by atoms with Crippen LogP contribution in [0.3, 0.4) is 0 Å². The number of nitrogen functional groups attached to an aromatic ring is 1. The van der Waals surface area contributed by atoms with Crippen molar-refractivity contribution in [2.75, 3.05) is 39.1 Å². The Hall–Kier alpha value is -1.26. The molecule has 0 radical (unpaired) electrons. The van der Waals surface area contributed by atoms with Crippen LogP contribution in [0.25, 0.3) is 0 Å². The predicted octanol–water partition coefficient (Wildman–Crippen LogP) is 1.50. The fourth-order valence-corrected chi connectivity index (χ4v) is 2.04. The first-order valence-corrected chi connectivity index (χ1v) is 6.02. The van der Waals surface area contributed by atoms with Crippen molar-refractivity contribution in [1.82, 2.24) is 4.90 Å². The molecule has 0 saturated carbocycles. The van der Waals surface area contributed by atoms with Crippen LogP contribution >= 0.6 is 0 Å². The topological polar surface area (TPSA) is 47.7 Å². The van der Waals surface area contributed by atoms with E-state index in [1.165, 1.54) is 0 Å². The van der Waals surface area contributed by atoms with Gasteiger partial charge in [0.15, 0.2) is 0 Å². The lowest BCUT2D eigenvalue weighted by Crippen LogP contribution is -2.26. The third-order valence-corrected chi connectivity index (χ3v) is 3.06. The maximum absolute atomic E-state index is 6.02. The van der Waals surface area contributed by atoms with Gasteiger partial charge < -0.3 is 15.2 Å². The van der Waals surface area contributed by atoms with Crippen LogP contribution in [0.1, 0.15) is 12.0 Å². The van der Waals surface area contributed by atoms with E-state index in [4.69, 9.17) is 15.2 Å². The number of rotatable bonds is 3. The Labute approximate surface area is 102 Å². The summed E-state index contributed by atoms with van der Waals surface area (Å²) in [6, 6.07) is 5.88. The van der Waals surface area contributed by atoms with E-state index in [1.54, 1.807) is 7.11 Å². The van der Waals surface area contributed by atoms with Gasteiger partial charge in [0.05, 0.1) is 13.7 Å². The molecule has 0 spiro atoms. The average molecular weight is 236 g/mol. The van der Waals surface area contributed by atoms with Gasteiger partial charge in [0.2, 0.25) is 0 Å². The Kier molecular flexibility index (Phi) is 4.23. The van der Waals surface area contributed by atoms with Gasteiger partial charge in [0.1, 0.15) is 5.75 Å². The van der Waals surface area contributed by atoms with Crippen LogP contribution in [0.2, 0.25) is 0 Å². The molecular weight excluding hydrogens is 216 g/mol. The first-order chi connectivity index (χ1) is 8.29. The molecule has 1 aromatic carbocycles. The Morgan fingerprint density at radius 3 is 3.00 bits per heavy atom. The lowest BCUT2D eigenvalue weighted by atomic mass is 10.1. The number of methoxy groups -OCH3 is 1. The number of nitrogens with two attached hydrogens (primary N) is 1. The first kappa shape index (κ1) is 12.2. The Morgan fingerprint density at radius 2 is 2.24 bits per heavy atom. The fraction of sp³-hybridized carbons (Fsp3) is 0.538. The van der Waals surface area contributed by atoms with Crippen molar-refractivity contribution in [3.05, 3.63) is 23.8 Å². The molecule has 1 aliphatic heterocycles. The molecule has 1 aromatic rings. The molecule has 94 valence electrons. The van der Waals surface area contributed by atoms with Gasteiger partial charge in [0.25, 0.3) is 0 Å². The van der Waals surface area contributed by atoms with E-state index in [2.05, 4.69) is 4.90 Å². The molecule has 1 aliphatic rings. The molecular formula is C13H20N2O2. The fourth-order valence-electron chi connectivity index (χ4n) is 2.04. The number of hydrogen-bond acceptors (Lipinski definition) is 4. The Morgan fingerprint density at radius 1 is 1.35 bits per heavy atom. The molecule has 17 heavy (non-hydrogen) atoms. The van der Waals surface area contributed by atoms with E-state index in [-0.39, 0.29) is 0 Å². The third kappa shape index (κ3) is 3.35. The minimum Gasteiger partial charge on any atom is -0.497 e. The normalized spacial score (nSPS) is 17.7. The molecule has 0 aliphatic carbocycles. The number of anilines is 1. The van der Waals surface area contributed by atoms with E-state index in [0.29, 0.717) is 0 Å². The summed E-state index contributed by atoms with van der Waals surface area (Å²) < 4.78 is 10.6. The smallest absolute Gasteiger partial charge is 0.120 e. The second kappa shape index (κ2) is 5.89. The number of benzene rings is 1. The zero-order valence-corrected chi connectivity index (χ0v) is 10.3. The molecule has 2 N–H and O–H groups in total. The maximum atomic E-state index is 6.02. The highest BCUT2D eigenvalue weighted by Gasteiger charge is 2.11. The van der Waals surface area contributed by atoms with Gasteiger partial charge >= 0.3 is 0 Å². The van der Waals surface area contributed by atoms with Gasteiger partial charge in [-0.25, -0.2) is 0 Å². The highest BCUT2D eigenvalue weighted by Crippen LogP contribution is 2.21.